The minimum absolute atomic E-state index is 0.383. The molecule has 0 bridgehead atoms. The number of nitrogens with one attached hydrogen (secondary N) is 1. The molecular formula is C18H19N3. The summed E-state index contributed by atoms with van der Waals surface area (Å²) in [5.74, 6) is 0. The van der Waals surface area contributed by atoms with Gasteiger partial charge in [-0.25, -0.2) is 0 Å². The van der Waals surface area contributed by atoms with Gasteiger partial charge in [-0.1, -0.05) is 24.3 Å². The third kappa shape index (κ3) is 2.75. The van der Waals surface area contributed by atoms with E-state index in [4.69, 9.17) is 0 Å². The number of fused-ring (bicyclic) bond motifs is 1. The van der Waals surface area contributed by atoms with Crippen LogP contribution in [-0.4, -0.2) is 11.0 Å². The quantitative estimate of drug-likeness (QED) is 0.913. The fourth-order valence-corrected chi connectivity index (χ4v) is 3.12. The number of nitrogens with zero attached hydrogens (tertiary/aromatic N) is 2. The Bertz CT molecular complexity index is 713. The average molecular weight is 277 g/mol. The summed E-state index contributed by atoms with van der Waals surface area (Å²) < 4.78 is 0. The third-order valence-corrected chi connectivity index (χ3v) is 4.15. The van der Waals surface area contributed by atoms with Gasteiger partial charge in [0.05, 0.1) is 16.9 Å². The fourth-order valence-electron chi connectivity index (χ4n) is 3.12. The molecule has 0 saturated carbocycles. The van der Waals surface area contributed by atoms with E-state index in [2.05, 4.69) is 40.6 Å². The van der Waals surface area contributed by atoms with Gasteiger partial charge < -0.3 is 5.32 Å². The van der Waals surface area contributed by atoms with E-state index in [1.54, 1.807) is 0 Å². The lowest BCUT2D eigenvalue weighted by molar-refractivity contribution is 0.610. The van der Waals surface area contributed by atoms with E-state index in [0.717, 1.165) is 36.3 Å². The molecule has 1 unspecified atom stereocenters. The van der Waals surface area contributed by atoms with Crippen molar-refractivity contribution >= 4 is 5.69 Å². The highest BCUT2D eigenvalue weighted by molar-refractivity contribution is 5.60. The Kier molecular flexibility index (Phi) is 3.62. The lowest BCUT2D eigenvalue weighted by Crippen LogP contribution is -2.27. The summed E-state index contributed by atoms with van der Waals surface area (Å²) >= 11 is 0. The first kappa shape index (κ1) is 13.6. The van der Waals surface area contributed by atoms with Crippen molar-refractivity contribution in [3.63, 3.8) is 0 Å². The van der Waals surface area contributed by atoms with Gasteiger partial charge in [-0.3, -0.25) is 4.98 Å². The molecule has 0 aliphatic heterocycles. The Morgan fingerprint density at radius 1 is 1.24 bits per heavy atom. The zero-order chi connectivity index (χ0) is 14.8. The van der Waals surface area contributed by atoms with Crippen molar-refractivity contribution in [2.75, 3.05) is 5.32 Å². The molecule has 106 valence electrons. The maximum Gasteiger partial charge on any atom is 0.103 e. The molecule has 3 rings (SSSR count). The molecule has 1 atom stereocenters. The molecule has 2 aromatic rings. The molecule has 3 heteroatoms. The molecule has 1 N–H and O–H groups in total. The van der Waals surface area contributed by atoms with Crippen LogP contribution in [0.15, 0.2) is 30.3 Å². The van der Waals surface area contributed by atoms with E-state index in [-0.39, 0.29) is 0 Å². The van der Waals surface area contributed by atoms with Crippen LogP contribution in [0, 0.1) is 25.2 Å². The molecule has 1 heterocycles. The van der Waals surface area contributed by atoms with Crippen LogP contribution in [0.25, 0.3) is 0 Å². The second-order valence-electron chi connectivity index (χ2n) is 5.74. The van der Waals surface area contributed by atoms with E-state index < -0.39 is 0 Å². The van der Waals surface area contributed by atoms with Crippen molar-refractivity contribution < 1.29 is 0 Å². The van der Waals surface area contributed by atoms with Crippen LogP contribution >= 0.6 is 0 Å². The molecule has 0 fully saturated rings. The Balaban J connectivity index is 1.84. The molecule has 0 radical (unpaired) electrons. The summed E-state index contributed by atoms with van der Waals surface area (Å²) in [7, 11) is 0. The summed E-state index contributed by atoms with van der Waals surface area (Å²) in [6.07, 6.45) is 3.21. The highest BCUT2D eigenvalue weighted by Gasteiger charge is 2.19. The Morgan fingerprint density at radius 3 is 2.76 bits per heavy atom. The molecule has 1 aliphatic carbocycles. The first-order chi connectivity index (χ1) is 10.2. The molecule has 0 saturated heterocycles. The lowest BCUT2D eigenvalue weighted by atomic mass is 9.88. The van der Waals surface area contributed by atoms with Gasteiger partial charge in [0.15, 0.2) is 0 Å². The van der Waals surface area contributed by atoms with Crippen molar-refractivity contribution in [3.8, 4) is 6.07 Å². The summed E-state index contributed by atoms with van der Waals surface area (Å²) in [6.45, 7) is 3.86. The van der Waals surface area contributed by atoms with Gasteiger partial charge in [0.2, 0.25) is 0 Å². The maximum atomic E-state index is 9.35. The molecule has 1 aliphatic rings. The smallest absolute Gasteiger partial charge is 0.103 e. The summed E-state index contributed by atoms with van der Waals surface area (Å²) in [5.41, 5.74) is 6.22. The predicted octanol–water partition coefficient (Wildman–Crippen LogP) is 3.54. The van der Waals surface area contributed by atoms with Crippen molar-refractivity contribution in [3.05, 3.63) is 58.4 Å². The summed E-state index contributed by atoms with van der Waals surface area (Å²) in [4.78, 5) is 4.37. The molecular weight excluding hydrogens is 258 g/mol. The van der Waals surface area contributed by atoms with Crippen LogP contribution in [0.4, 0.5) is 5.69 Å². The van der Waals surface area contributed by atoms with Gasteiger partial charge in [-0.05, 0) is 50.3 Å². The SMILES string of the molecule is Cc1cc(NC2CCc3ccccc3C2)c(C#N)c(C)n1. The number of hydrogen-bond donors (Lipinski definition) is 1. The van der Waals surface area contributed by atoms with Crippen molar-refractivity contribution in [1.82, 2.24) is 4.98 Å². The molecule has 21 heavy (non-hydrogen) atoms. The number of nitriles is 1. The lowest BCUT2D eigenvalue weighted by Gasteiger charge is -2.27. The van der Waals surface area contributed by atoms with Gasteiger partial charge in [0, 0.05) is 11.7 Å². The molecule has 1 aromatic carbocycles. The van der Waals surface area contributed by atoms with E-state index in [1.807, 2.05) is 19.9 Å². The van der Waals surface area contributed by atoms with Crippen LogP contribution in [0.2, 0.25) is 0 Å². The minimum Gasteiger partial charge on any atom is -0.381 e. The van der Waals surface area contributed by atoms with Crippen LogP contribution in [0.5, 0.6) is 0 Å². The summed E-state index contributed by atoms with van der Waals surface area (Å²) in [6, 6.07) is 13.3. The average Bonchev–Trinajstić information content (AvgIpc) is 2.47. The van der Waals surface area contributed by atoms with Gasteiger partial charge in [-0.15, -0.1) is 0 Å². The first-order valence-electron chi connectivity index (χ1n) is 7.39. The van der Waals surface area contributed by atoms with Crippen molar-refractivity contribution in [1.29, 1.82) is 5.26 Å². The van der Waals surface area contributed by atoms with Gasteiger partial charge in [0.25, 0.3) is 0 Å². The zero-order valence-electron chi connectivity index (χ0n) is 12.5. The number of aromatic nitrogens is 1. The van der Waals surface area contributed by atoms with Crippen molar-refractivity contribution in [2.45, 2.75) is 39.2 Å². The van der Waals surface area contributed by atoms with Crippen LogP contribution in [-0.2, 0) is 12.8 Å². The highest BCUT2D eigenvalue weighted by atomic mass is 14.9. The van der Waals surface area contributed by atoms with Crippen molar-refractivity contribution in [2.24, 2.45) is 0 Å². The number of hydrogen-bond acceptors (Lipinski definition) is 3. The zero-order valence-corrected chi connectivity index (χ0v) is 12.5. The molecule has 0 amide bonds. The molecule has 0 spiro atoms. The fraction of sp³-hybridized carbons (Fsp3) is 0.333. The van der Waals surface area contributed by atoms with Crippen LogP contribution in [0.1, 0.15) is 34.5 Å². The Hall–Kier alpha value is -2.34. The van der Waals surface area contributed by atoms with E-state index in [1.165, 1.54) is 11.1 Å². The van der Waals surface area contributed by atoms with Gasteiger partial charge in [0.1, 0.15) is 6.07 Å². The second kappa shape index (κ2) is 5.57. The maximum absolute atomic E-state index is 9.35. The van der Waals surface area contributed by atoms with E-state index in [9.17, 15) is 5.26 Å². The molecule has 3 nitrogen and oxygen atoms in total. The number of aryl methyl sites for hydroxylation is 3. The van der Waals surface area contributed by atoms with Gasteiger partial charge >= 0.3 is 0 Å². The third-order valence-electron chi connectivity index (χ3n) is 4.15. The number of rotatable bonds is 2. The number of pyridine rings is 1. The second-order valence-corrected chi connectivity index (χ2v) is 5.74. The summed E-state index contributed by atoms with van der Waals surface area (Å²) in [5, 5.41) is 12.9. The standard InChI is InChI=1S/C18H19N3/c1-12-9-18(17(11-19)13(2)20-12)21-16-8-7-14-5-3-4-6-15(14)10-16/h3-6,9,16H,7-8,10H2,1-2H3,(H,20,21). The topological polar surface area (TPSA) is 48.7 Å². The normalized spacial score (nSPS) is 16.9. The van der Waals surface area contributed by atoms with Crippen LogP contribution in [0.3, 0.4) is 0 Å². The first-order valence-corrected chi connectivity index (χ1v) is 7.39. The van der Waals surface area contributed by atoms with E-state index in [0.29, 0.717) is 11.6 Å². The molecule has 1 aromatic heterocycles. The van der Waals surface area contributed by atoms with Crippen LogP contribution < -0.4 is 5.32 Å². The minimum atomic E-state index is 0.383. The largest absolute Gasteiger partial charge is 0.381 e. The Labute approximate surface area is 125 Å². The Morgan fingerprint density at radius 2 is 2.00 bits per heavy atom. The highest BCUT2D eigenvalue weighted by Crippen LogP contribution is 2.26. The number of anilines is 1. The number of benzene rings is 1. The predicted molar refractivity (Wildman–Crippen MR) is 84.3 cm³/mol. The van der Waals surface area contributed by atoms with E-state index >= 15 is 0 Å². The monoisotopic (exact) mass is 277 g/mol. The van der Waals surface area contributed by atoms with Gasteiger partial charge in [-0.2, -0.15) is 5.26 Å².